The predicted molar refractivity (Wildman–Crippen MR) is 79.4 cm³/mol. The van der Waals surface area contributed by atoms with Gasteiger partial charge in [-0.3, -0.25) is 0 Å². The lowest BCUT2D eigenvalue weighted by atomic mass is 9.85. The molecule has 20 heavy (non-hydrogen) atoms. The standard InChI is InChI=1S/C17H27NO2/c1-2-13-5-3-4-6-16(13)20-12-14-9-10-19-17(14)11-18-15-7-8-15/h9-10,13,15-16,18H,2-8,11-12H2,1H3. The van der Waals surface area contributed by atoms with E-state index in [0.29, 0.717) is 12.7 Å². The van der Waals surface area contributed by atoms with Crippen LogP contribution in [0, 0.1) is 5.92 Å². The molecular weight excluding hydrogens is 250 g/mol. The minimum Gasteiger partial charge on any atom is -0.468 e. The molecule has 0 bridgehead atoms. The second-order valence-corrected chi connectivity index (χ2v) is 6.33. The van der Waals surface area contributed by atoms with E-state index < -0.39 is 0 Å². The largest absolute Gasteiger partial charge is 0.468 e. The van der Waals surface area contributed by atoms with Crippen molar-refractivity contribution in [2.75, 3.05) is 0 Å². The van der Waals surface area contributed by atoms with Gasteiger partial charge in [-0.2, -0.15) is 0 Å². The minimum atomic E-state index is 0.452. The maximum atomic E-state index is 6.21. The third-order valence-electron chi connectivity index (χ3n) is 4.78. The van der Waals surface area contributed by atoms with Gasteiger partial charge in [0.25, 0.3) is 0 Å². The van der Waals surface area contributed by atoms with Gasteiger partial charge < -0.3 is 14.5 Å². The molecule has 0 aromatic carbocycles. The number of nitrogens with one attached hydrogen (secondary N) is 1. The monoisotopic (exact) mass is 277 g/mol. The van der Waals surface area contributed by atoms with Gasteiger partial charge >= 0.3 is 0 Å². The van der Waals surface area contributed by atoms with Crippen molar-refractivity contribution in [3.8, 4) is 0 Å². The summed E-state index contributed by atoms with van der Waals surface area (Å²) >= 11 is 0. The van der Waals surface area contributed by atoms with Crippen molar-refractivity contribution in [2.45, 2.75) is 77.2 Å². The van der Waals surface area contributed by atoms with Crippen LogP contribution >= 0.6 is 0 Å². The molecule has 2 aliphatic rings. The number of hydrogen-bond acceptors (Lipinski definition) is 3. The van der Waals surface area contributed by atoms with Crippen molar-refractivity contribution in [1.29, 1.82) is 0 Å². The van der Waals surface area contributed by atoms with Gasteiger partial charge in [0.05, 0.1) is 25.5 Å². The van der Waals surface area contributed by atoms with Crippen LogP contribution in [0.5, 0.6) is 0 Å². The van der Waals surface area contributed by atoms with E-state index in [4.69, 9.17) is 9.15 Å². The first kappa shape index (κ1) is 14.2. The van der Waals surface area contributed by atoms with Crippen LogP contribution in [0.2, 0.25) is 0 Å². The van der Waals surface area contributed by atoms with Crippen LogP contribution < -0.4 is 5.32 Å². The Hall–Kier alpha value is -0.800. The smallest absolute Gasteiger partial charge is 0.123 e. The first-order valence-corrected chi connectivity index (χ1v) is 8.27. The van der Waals surface area contributed by atoms with Gasteiger partial charge in [0.15, 0.2) is 0 Å². The molecule has 1 N–H and O–H groups in total. The Labute approximate surface area is 122 Å². The summed E-state index contributed by atoms with van der Waals surface area (Å²) in [6.07, 6.45) is 11.4. The summed E-state index contributed by atoms with van der Waals surface area (Å²) in [5.41, 5.74) is 1.22. The molecule has 3 heteroatoms. The fourth-order valence-electron chi connectivity index (χ4n) is 3.23. The van der Waals surface area contributed by atoms with Crippen LogP contribution in [0.1, 0.15) is 63.2 Å². The lowest BCUT2D eigenvalue weighted by Crippen LogP contribution is -2.27. The second-order valence-electron chi connectivity index (χ2n) is 6.33. The van der Waals surface area contributed by atoms with Crippen LogP contribution in [0.15, 0.2) is 16.7 Å². The molecule has 2 unspecified atom stereocenters. The Kier molecular flexibility index (Phi) is 4.79. The van der Waals surface area contributed by atoms with Crippen LogP contribution in [0.25, 0.3) is 0 Å². The van der Waals surface area contributed by atoms with Crippen molar-refractivity contribution in [3.05, 3.63) is 23.7 Å². The Morgan fingerprint density at radius 3 is 2.90 bits per heavy atom. The first-order chi connectivity index (χ1) is 9.86. The minimum absolute atomic E-state index is 0.452. The van der Waals surface area contributed by atoms with E-state index in [1.807, 2.05) is 0 Å². The Bertz CT molecular complexity index is 411. The highest BCUT2D eigenvalue weighted by Crippen LogP contribution is 2.30. The summed E-state index contributed by atoms with van der Waals surface area (Å²) in [5.74, 6) is 1.81. The third kappa shape index (κ3) is 3.64. The maximum absolute atomic E-state index is 6.21. The molecule has 1 heterocycles. The van der Waals surface area contributed by atoms with Gasteiger partial charge in [-0.25, -0.2) is 0 Å². The average Bonchev–Trinajstić information content (AvgIpc) is 3.21. The summed E-state index contributed by atoms with van der Waals surface area (Å²) in [6, 6.07) is 2.78. The maximum Gasteiger partial charge on any atom is 0.123 e. The van der Waals surface area contributed by atoms with Crippen LogP contribution in [-0.2, 0) is 17.9 Å². The number of hydrogen-bond donors (Lipinski definition) is 1. The van der Waals surface area contributed by atoms with E-state index >= 15 is 0 Å². The highest BCUT2D eigenvalue weighted by Gasteiger charge is 2.25. The molecule has 0 aliphatic heterocycles. The molecule has 3 nitrogen and oxygen atoms in total. The average molecular weight is 277 g/mol. The molecule has 0 spiro atoms. The molecule has 0 amide bonds. The van der Waals surface area contributed by atoms with Gasteiger partial charge in [0.1, 0.15) is 5.76 Å². The van der Waals surface area contributed by atoms with Crippen LogP contribution in [0.3, 0.4) is 0 Å². The normalized spacial score (nSPS) is 26.9. The Morgan fingerprint density at radius 1 is 1.25 bits per heavy atom. The van der Waals surface area contributed by atoms with E-state index in [1.54, 1.807) is 6.26 Å². The van der Waals surface area contributed by atoms with Gasteiger partial charge in [-0.15, -0.1) is 0 Å². The van der Waals surface area contributed by atoms with E-state index in [-0.39, 0.29) is 0 Å². The van der Waals surface area contributed by atoms with Crippen molar-refractivity contribution in [1.82, 2.24) is 5.32 Å². The highest BCUT2D eigenvalue weighted by atomic mass is 16.5. The lowest BCUT2D eigenvalue weighted by molar-refractivity contribution is -0.0226. The van der Waals surface area contributed by atoms with Crippen molar-refractivity contribution in [2.24, 2.45) is 5.92 Å². The van der Waals surface area contributed by atoms with Crippen molar-refractivity contribution in [3.63, 3.8) is 0 Å². The van der Waals surface area contributed by atoms with Gasteiger partial charge in [0, 0.05) is 11.6 Å². The molecule has 2 atom stereocenters. The third-order valence-corrected chi connectivity index (χ3v) is 4.78. The number of furan rings is 1. The summed E-state index contributed by atoms with van der Waals surface area (Å²) in [5, 5.41) is 3.51. The summed E-state index contributed by atoms with van der Waals surface area (Å²) in [7, 11) is 0. The van der Waals surface area contributed by atoms with E-state index in [0.717, 1.165) is 24.3 Å². The van der Waals surface area contributed by atoms with Crippen molar-refractivity contribution >= 4 is 0 Å². The van der Waals surface area contributed by atoms with Gasteiger partial charge in [-0.05, 0) is 37.7 Å². The first-order valence-electron chi connectivity index (χ1n) is 8.27. The van der Waals surface area contributed by atoms with Gasteiger partial charge in [0.2, 0.25) is 0 Å². The molecule has 2 saturated carbocycles. The molecule has 0 radical (unpaired) electrons. The number of rotatable bonds is 7. The molecule has 1 aromatic rings. The summed E-state index contributed by atoms with van der Waals surface area (Å²) in [4.78, 5) is 0. The van der Waals surface area contributed by atoms with Crippen LogP contribution in [0.4, 0.5) is 0 Å². The number of ether oxygens (including phenoxy) is 1. The molecule has 112 valence electrons. The second kappa shape index (κ2) is 6.77. The fourth-order valence-corrected chi connectivity index (χ4v) is 3.23. The molecule has 3 rings (SSSR count). The van der Waals surface area contributed by atoms with E-state index in [2.05, 4.69) is 18.3 Å². The quantitative estimate of drug-likeness (QED) is 0.817. The Balaban J connectivity index is 1.50. The zero-order valence-electron chi connectivity index (χ0n) is 12.6. The molecule has 2 aliphatic carbocycles. The summed E-state index contributed by atoms with van der Waals surface area (Å²) in [6.45, 7) is 3.84. The summed E-state index contributed by atoms with van der Waals surface area (Å²) < 4.78 is 11.8. The lowest BCUT2D eigenvalue weighted by Gasteiger charge is -2.30. The predicted octanol–water partition coefficient (Wildman–Crippen LogP) is 4.02. The van der Waals surface area contributed by atoms with Gasteiger partial charge in [-0.1, -0.05) is 26.2 Å². The molecule has 2 fully saturated rings. The zero-order chi connectivity index (χ0) is 13.8. The van der Waals surface area contributed by atoms with E-state index in [1.165, 1.54) is 50.5 Å². The zero-order valence-corrected chi connectivity index (χ0v) is 12.6. The Morgan fingerprint density at radius 2 is 2.10 bits per heavy atom. The van der Waals surface area contributed by atoms with Crippen LogP contribution in [-0.4, -0.2) is 12.1 Å². The molecule has 0 saturated heterocycles. The van der Waals surface area contributed by atoms with E-state index in [9.17, 15) is 0 Å². The molecule has 1 aromatic heterocycles. The fraction of sp³-hybridized carbons (Fsp3) is 0.765. The van der Waals surface area contributed by atoms with Crippen molar-refractivity contribution < 1.29 is 9.15 Å². The topological polar surface area (TPSA) is 34.4 Å². The molecular formula is C17H27NO2. The highest BCUT2D eigenvalue weighted by molar-refractivity contribution is 5.16. The SMILES string of the molecule is CCC1CCCCC1OCc1ccoc1CNC1CC1.